The molecule has 0 aromatic heterocycles. The van der Waals surface area contributed by atoms with Crippen LogP contribution in [0, 0.1) is 12.3 Å². The van der Waals surface area contributed by atoms with Gasteiger partial charge in [-0.05, 0) is 0 Å². The highest BCUT2D eigenvalue weighted by Gasteiger charge is 2.21. The van der Waals surface area contributed by atoms with Crippen LogP contribution in [0.4, 0.5) is 0 Å². The molecule has 0 unspecified atom stereocenters. The zero-order valence-electron chi connectivity index (χ0n) is 9.03. The number of carbonyl (C=O) groups excluding carboxylic acids is 2. The Balaban J connectivity index is 2.34. The summed E-state index contributed by atoms with van der Waals surface area (Å²) in [5.41, 5.74) is 0. The Kier molecular flexibility index (Phi) is 4.17. The highest BCUT2D eigenvalue weighted by molar-refractivity contribution is 5.77. The summed E-state index contributed by atoms with van der Waals surface area (Å²) in [7, 11) is 0. The van der Waals surface area contributed by atoms with Crippen LogP contribution in [0.25, 0.3) is 0 Å². The Morgan fingerprint density at radius 3 is 2.20 bits per heavy atom. The Bertz CT molecular complexity index is 285. The molecular weight excluding hydrogens is 192 g/mol. The van der Waals surface area contributed by atoms with E-state index in [-0.39, 0.29) is 11.8 Å². The van der Waals surface area contributed by atoms with Gasteiger partial charge in [-0.2, -0.15) is 0 Å². The lowest BCUT2D eigenvalue weighted by molar-refractivity contribution is -0.138. The summed E-state index contributed by atoms with van der Waals surface area (Å²) in [6.07, 6.45) is 6.00. The van der Waals surface area contributed by atoms with E-state index in [2.05, 4.69) is 5.92 Å². The average Bonchev–Trinajstić information content (AvgIpc) is 2.26. The quantitative estimate of drug-likeness (QED) is 0.603. The van der Waals surface area contributed by atoms with E-state index in [9.17, 15) is 9.59 Å². The van der Waals surface area contributed by atoms with E-state index in [1.807, 2.05) is 0 Å². The molecule has 0 aromatic carbocycles. The number of piperazine rings is 1. The molecule has 0 spiro atoms. The summed E-state index contributed by atoms with van der Waals surface area (Å²) in [6, 6.07) is 0. The molecule has 1 heterocycles. The van der Waals surface area contributed by atoms with E-state index in [0.29, 0.717) is 39.0 Å². The molecule has 15 heavy (non-hydrogen) atoms. The van der Waals surface area contributed by atoms with Gasteiger partial charge in [-0.1, -0.05) is 0 Å². The Morgan fingerprint density at radius 1 is 1.20 bits per heavy atom. The van der Waals surface area contributed by atoms with Gasteiger partial charge in [0.05, 0.1) is 0 Å². The van der Waals surface area contributed by atoms with Crippen molar-refractivity contribution in [1.29, 1.82) is 0 Å². The molecule has 0 saturated carbocycles. The molecule has 0 aliphatic carbocycles. The first-order valence-corrected chi connectivity index (χ1v) is 5.12. The van der Waals surface area contributed by atoms with Gasteiger partial charge in [-0.3, -0.25) is 9.59 Å². The maximum atomic E-state index is 11.6. The van der Waals surface area contributed by atoms with Gasteiger partial charge in [-0.25, -0.2) is 0 Å². The first-order valence-electron chi connectivity index (χ1n) is 5.12. The van der Waals surface area contributed by atoms with Gasteiger partial charge >= 0.3 is 0 Å². The number of nitrogens with zero attached hydrogens (tertiary/aromatic N) is 2. The van der Waals surface area contributed by atoms with Crippen LogP contribution >= 0.6 is 0 Å². The van der Waals surface area contributed by atoms with E-state index in [1.54, 1.807) is 16.7 Å². The third-order valence-electron chi connectivity index (χ3n) is 2.56. The van der Waals surface area contributed by atoms with Gasteiger partial charge < -0.3 is 9.80 Å². The summed E-state index contributed by atoms with van der Waals surface area (Å²) in [5.74, 6) is 2.62. The molecule has 1 aliphatic heterocycles. The molecule has 1 fully saturated rings. The van der Waals surface area contributed by atoms with Crippen molar-refractivity contribution in [3.63, 3.8) is 0 Å². The maximum Gasteiger partial charge on any atom is 0.223 e. The fourth-order valence-corrected chi connectivity index (χ4v) is 1.61. The minimum atomic E-state index is 0.0747. The lowest BCUT2D eigenvalue weighted by Crippen LogP contribution is -2.50. The Morgan fingerprint density at radius 2 is 1.73 bits per heavy atom. The summed E-state index contributed by atoms with van der Waals surface area (Å²) in [5, 5.41) is 0. The van der Waals surface area contributed by atoms with E-state index < -0.39 is 0 Å². The second kappa shape index (κ2) is 5.40. The van der Waals surface area contributed by atoms with Gasteiger partial charge in [0, 0.05) is 45.9 Å². The first-order chi connectivity index (χ1) is 7.15. The predicted octanol–water partition coefficient (Wildman–Crippen LogP) is 0.0905. The van der Waals surface area contributed by atoms with Crippen molar-refractivity contribution in [3.05, 3.63) is 0 Å². The second-order valence-electron chi connectivity index (χ2n) is 3.59. The number of carbonyl (C=O) groups is 2. The van der Waals surface area contributed by atoms with E-state index in [0.717, 1.165) is 0 Å². The third-order valence-corrected chi connectivity index (χ3v) is 2.56. The smallest absolute Gasteiger partial charge is 0.223 e. The molecular formula is C11H16N2O2. The lowest BCUT2D eigenvalue weighted by atomic mass is 10.2. The number of hydrogen-bond acceptors (Lipinski definition) is 2. The van der Waals surface area contributed by atoms with Crippen LogP contribution in [0.3, 0.4) is 0 Å². The second-order valence-corrected chi connectivity index (χ2v) is 3.59. The SMILES string of the molecule is C#CCCC(=O)N1CCN(C(C)=O)CC1. The minimum absolute atomic E-state index is 0.0747. The van der Waals surface area contributed by atoms with Gasteiger partial charge in [0.2, 0.25) is 11.8 Å². The summed E-state index contributed by atoms with van der Waals surface area (Å²) < 4.78 is 0. The van der Waals surface area contributed by atoms with Crippen molar-refractivity contribution >= 4 is 11.8 Å². The Hall–Kier alpha value is -1.50. The maximum absolute atomic E-state index is 11.6. The molecule has 1 rings (SSSR count). The van der Waals surface area contributed by atoms with Crippen LogP contribution < -0.4 is 0 Å². The number of terminal acetylenes is 1. The van der Waals surface area contributed by atoms with E-state index in [1.165, 1.54) is 0 Å². The van der Waals surface area contributed by atoms with Gasteiger partial charge in [-0.15, -0.1) is 12.3 Å². The summed E-state index contributed by atoms with van der Waals surface area (Å²) in [4.78, 5) is 26.1. The van der Waals surface area contributed by atoms with Crippen LogP contribution in [0.1, 0.15) is 19.8 Å². The van der Waals surface area contributed by atoms with E-state index in [4.69, 9.17) is 6.42 Å². The fraction of sp³-hybridized carbons (Fsp3) is 0.636. The molecule has 0 aromatic rings. The number of hydrogen-bond donors (Lipinski definition) is 0. The topological polar surface area (TPSA) is 40.6 Å². The van der Waals surface area contributed by atoms with Gasteiger partial charge in [0.1, 0.15) is 0 Å². The number of rotatable bonds is 2. The molecule has 0 atom stereocenters. The van der Waals surface area contributed by atoms with Crippen LogP contribution in [-0.2, 0) is 9.59 Å². The van der Waals surface area contributed by atoms with Crippen LogP contribution in [0.15, 0.2) is 0 Å². The van der Waals surface area contributed by atoms with Crippen molar-refractivity contribution < 1.29 is 9.59 Å². The lowest BCUT2D eigenvalue weighted by Gasteiger charge is -2.34. The first kappa shape index (κ1) is 11.6. The minimum Gasteiger partial charge on any atom is -0.339 e. The normalized spacial score (nSPS) is 16.0. The molecule has 0 N–H and O–H groups in total. The molecule has 1 saturated heterocycles. The van der Waals surface area contributed by atoms with Gasteiger partial charge in [0.15, 0.2) is 0 Å². The monoisotopic (exact) mass is 208 g/mol. The zero-order chi connectivity index (χ0) is 11.3. The van der Waals surface area contributed by atoms with Crippen LogP contribution in [-0.4, -0.2) is 47.8 Å². The molecule has 82 valence electrons. The van der Waals surface area contributed by atoms with Crippen molar-refractivity contribution in [2.45, 2.75) is 19.8 Å². The van der Waals surface area contributed by atoms with Crippen molar-refractivity contribution in [2.75, 3.05) is 26.2 Å². The highest BCUT2D eigenvalue weighted by Crippen LogP contribution is 2.04. The molecule has 0 bridgehead atoms. The van der Waals surface area contributed by atoms with Crippen molar-refractivity contribution in [3.8, 4) is 12.3 Å². The van der Waals surface area contributed by atoms with Crippen LogP contribution in [0.2, 0.25) is 0 Å². The molecule has 2 amide bonds. The number of amides is 2. The van der Waals surface area contributed by atoms with Crippen molar-refractivity contribution in [2.24, 2.45) is 0 Å². The average molecular weight is 208 g/mol. The standard InChI is InChI=1S/C11H16N2O2/c1-3-4-5-11(15)13-8-6-12(7-9-13)10(2)14/h1H,4-9H2,2H3. The summed E-state index contributed by atoms with van der Waals surface area (Å²) in [6.45, 7) is 4.08. The molecule has 4 nitrogen and oxygen atoms in total. The van der Waals surface area contributed by atoms with Gasteiger partial charge in [0.25, 0.3) is 0 Å². The zero-order valence-corrected chi connectivity index (χ0v) is 9.03. The molecule has 1 aliphatic rings. The molecule has 4 heteroatoms. The summed E-state index contributed by atoms with van der Waals surface area (Å²) >= 11 is 0. The highest BCUT2D eigenvalue weighted by atomic mass is 16.2. The van der Waals surface area contributed by atoms with E-state index >= 15 is 0 Å². The predicted molar refractivity (Wildman–Crippen MR) is 56.9 cm³/mol. The fourth-order valence-electron chi connectivity index (χ4n) is 1.61. The molecule has 0 radical (unpaired) electrons. The largest absolute Gasteiger partial charge is 0.339 e. The van der Waals surface area contributed by atoms with Crippen molar-refractivity contribution in [1.82, 2.24) is 9.80 Å². The van der Waals surface area contributed by atoms with Crippen LogP contribution in [0.5, 0.6) is 0 Å². The third kappa shape index (κ3) is 3.28. The Labute approximate surface area is 90.2 Å².